The van der Waals surface area contributed by atoms with Gasteiger partial charge < -0.3 is 15.4 Å². The number of nitrogens with one attached hydrogen (secondary N) is 2. The molecule has 0 saturated heterocycles. The summed E-state index contributed by atoms with van der Waals surface area (Å²) in [7, 11) is 0. The Hall–Kier alpha value is -1.62. The highest BCUT2D eigenvalue weighted by Crippen LogP contribution is 2.48. The minimum atomic E-state index is -0.214. The largest absolute Gasteiger partial charge is 0.382 e. The van der Waals surface area contributed by atoms with Gasteiger partial charge in [-0.05, 0) is 37.8 Å². The van der Waals surface area contributed by atoms with Crippen LogP contribution in [0.15, 0.2) is 24.3 Å². The Balaban J connectivity index is 1.73. The number of hydrogen-bond donors (Lipinski definition) is 2. The average molecular weight is 294 g/mol. The van der Waals surface area contributed by atoms with Crippen molar-refractivity contribution in [2.24, 2.45) is 0 Å². The summed E-state index contributed by atoms with van der Waals surface area (Å²) < 4.78 is 19.0. The molecule has 1 fully saturated rings. The summed E-state index contributed by atoms with van der Waals surface area (Å²) in [6.07, 6.45) is 2.62. The molecule has 0 spiro atoms. The molecule has 116 valence electrons. The minimum Gasteiger partial charge on any atom is -0.382 e. The van der Waals surface area contributed by atoms with Crippen LogP contribution in [0.2, 0.25) is 0 Å². The third-order valence-corrected chi connectivity index (χ3v) is 3.84. The second-order valence-corrected chi connectivity index (χ2v) is 5.42. The number of ether oxygens (including phenoxy) is 1. The molecule has 1 saturated carbocycles. The Morgan fingerprint density at radius 3 is 2.76 bits per heavy atom. The molecule has 2 amide bonds. The number of amides is 2. The average Bonchev–Trinajstić information content (AvgIpc) is 3.26. The third-order valence-electron chi connectivity index (χ3n) is 3.84. The van der Waals surface area contributed by atoms with Crippen LogP contribution < -0.4 is 10.6 Å². The van der Waals surface area contributed by atoms with Crippen LogP contribution in [0.25, 0.3) is 0 Å². The predicted octanol–water partition coefficient (Wildman–Crippen LogP) is 2.58. The van der Waals surface area contributed by atoms with Gasteiger partial charge in [0.05, 0.1) is 0 Å². The number of carbonyl (C=O) groups is 1. The fourth-order valence-corrected chi connectivity index (χ4v) is 2.42. The SMILES string of the molecule is CCOCCCNC(=O)NCC1(c2ccccc2F)CC1. The molecule has 2 N–H and O–H groups in total. The van der Waals surface area contributed by atoms with Gasteiger partial charge in [-0.25, -0.2) is 9.18 Å². The van der Waals surface area contributed by atoms with Crippen LogP contribution >= 0.6 is 0 Å². The highest BCUT2D eigenvalue weighted by molar-refractivity contribution is 5.74. The lowest BCUT2D eigenvalue weighted by molar-refractivity contribution is 0.145. The molecule has 21 heavy (non-hydrogen) atoms. The van der Waals surface area contributed by atoms with Gasteiger partial charge in [0.15, 0.2) is 0 Å². The Labute approximate surface area is 125 Å². The summed E-state index contributed by atoms with van der Waals surface area (Å²) in [6, 6.07) is 6.61. The Kier molecular flexibility index (Phi) is 5.56. The first-order valence-electron chi connectivity index (χ1n) is 7.52. The molecular weight excluding hydrogens is 271 g/mol. The monoisotopic (exact) mass is 294 g/mol. The van der Waals surface area contributed by atoms with Crippen LogP contribution in [0.4, 0.5) is 9.18 Å². The van der Waals surface area contributed by atoms with Gasteiger partial charge in [0.2, 0.25) is 0 Å². The van der Waals surface area contributed by atoms with E-state index in [1.807, 2.05) is 19.1 Å². The smallest absolute Gasteiger partial charge is 0.314 e. The van der Waals surface area contributed by atoms with Crippen LogP contribution in [0.1, 0.15) is 31.7 Å². The molecule has 0 heterocycles. The Morgan fingerprint density at radius 1 is 1.33 bits per heavy atom. The molecule has 1 aliphatic carbocycles. The second kappa shape index (κ2) is 7.41. The summed E-state index contributed by atoms with van der Waals surface area (Å²) in [4.78, 5) is 11.7. The number of rotatable bonds is 8. The Bertz CT molecular complexity index is 475. The first-order valence-corrected chi connectivity index (χ1v) is 7.52. The van der Waals surface area contributed by atoms with Crippen LogP contribution in [0.3, 0.4) is 0 Å². The van der Waals surface area contributed by atoms with Gasteiger partial charge in [-0.3, -0.25) is 0 Å². The number of benzene rings is 1. The fourth-order valence-electron chi connectivity index (χ4n) is 2.42. The van der Waals surface area contributed by atoms with E-state index < -0.39 is 0 Å². The lowest BCUT2D eigenvalue weighted by atomic mass is 9.95. The minimum absolute atomic E-state index is 0.186. The standard InChI is InChI=1S/C16H23FN2O2/c1-2-21-11-5-10-18-15(20)19-12-16(8-9-16)13-6-3-4-7-14(13)17/h3-4,6-7H,2,5,8-12H2,1H3,(H2,18,19,20). The third kappa shape index (κ3) is 4.43. The number of halogens is 1. The zero-order valence-electron chi connectivity index (χ0n) is 12.5. The molecule has 0 atom stereocenters. The van der Waals surface area contributed by atoms with Crippen molar-refractivity contribution in [3.63, 3.8) is 0 Å². The summed E-state index contributed by atoms with van der Waals surface area (Å²) in [5.74, 6) is -0.186. The normalized spacial score (nSPS) is 15.5. The summed E-state index contributed by atoms with van der Waals surface area (Å²) >= 11 is 0. The quantitative estimate of drug-likeness (QED) is 0.724. The van der Waals surface area contributed by atoms with Crippen molar-refractivity contribution in [1.29, 1.82) is 0 Å². The van der Waals surface area contributed by atoms with E-state index in [0.717, 1.165) is 19.3 Å². The summed E-state index contributed by atoms with van der Waals surface area (Å²) in [6.45, 7) is 4.34. The van der Waals surface area contributed by atoms with E-state index in [1.165, 1.54) is 6.07 Å². The molecule has 1 aromatic carbocycles. The van der Waals surface area contributed by atoms with Crippen molar-refractivity contribution < 1.29 is 13.9 Å². The fraction of sp³-hybridized carbons (Fsp3) is 0.562. The van der Waals surface area contributed by atoms with Crippen molar-refractivity contribution in [3.8, 4) is 0 Å². The zero-order chi connectivity index (χ0) is 15.1. The maximum Gasteiger partial charge on any atom is 0.314 e. The first-order chi connectivity index (χ1) is 10.2. The number of hydrogen-bond acceptors (Lipinski definition) is 2. The lowest BCUT2D eigenvalue weighted by Crippen LogP contribution is -2.40. The maximum absolute atomic E-state index is 13.8. The van der Waals surface area contributed by atoms with E-state index in [9.17, 15) is 9.18 Å². The van der Waals surface area contributed by atoms with Crippen molar-refractivity contribution in [1.82, 2.24) is 10.6 Å². The zero-order valence-corrected chi connectivity index (χ0v) is 12.5. The van der Waals surface area contributed by atoms with Gasteiger partial charge in [0.1, 0.15) is 5.82 Å². The maximum atomic E-state index is 13.8. The van der Waals surface area contributed by atoms with Gasteiger partial charge in [0, 0.05) is 31.7 Å². The number of urea groups is 1. The highest BCUT2D eigenvalue weighted by Gasteiger charge is 2.45. The molecule has 5 heteroatoms. The molecule has 1 aromatic rings. The van der Waals surface area contributed by atoms with E-state index in [0.29, 0.717) is 31.9 Å². The van der Waals surface area contributed by atoms with Gasteiger partial charge in [-0.15, -0.1) is 0 Å². The molecule has 0 aromatic heterocycles. The van der Waals surface area contributed by atoms with Gasteiger partial charge in [-0.1, -0.05) is 18.2 Å². The van der Waals surface area contributed by atoms with Gasteiger partial charge >= 0.3 is 6.03 Å². The molecule has 0 aliphatic heterocycles. The Morgan fingerprint density at radius 2 is 2.10 bits per heavy atom. The van der Waals surface area contributed by atoms with Crippen molar-refractivity contribution in [2.75, 3.05) is 26.3 Å². The van der Waals surface area contributed by atoms with E-state index in [2.05, 4.69) is 10.6 Å². The summed E-state index contributed by atoms with van der Waals surface area (Å²) in [5.41, 5.74) is 0.496. The topological polar surface area (TPSA) is 50.4 Å². The second-order valence-electron chi connectivity index (χ2n) is 5.42. The molecule has 1 aliphatic rings. The lowest BCUT2D eigenvalue weighted by Gasteiger charge is -2.17. The van der Waals surface area contributed by atoms with E-state index in [4.69, 9.17) is 4.74 Å². The van der Waals surface area contributed by atoms with Gasteiger partial charge in [0.25, 0.3) is 0 Å². The first kappa shape index (κ1) is 15.8. The van der Waals surface area contributed by atoms with E-state index in [1.54, 1.807) is 6.07 Å². The molecule has 0 unspecified atom stereocenters. The molecule has 4 nitrogen and oxygen atoms in total. The van der Waals surface area contributed by atoms with Crippen LogP contribution in [-0.2, 0) is 10.2 Å². The van der Waals surface area contributed by atoms with Crippen LogP contribution in [-0.4, -0.2) is 32.3 Å². The van der Waals surface area contributed by atoms with Crippen LogP contribution in [0.5, 0.6) is 0 Å². The number of carbonyl (C=O) groups excluding carboxylic acids is 1. The van der Waals surface area contributed by atoms with Crippen LogP contribution in [0, 0.1) is 5.82 Å². The highest BCUT2D eigenvalue weighted by atomic mass is 19.1. The van der Waals surface area contributed by atoms with Crippen molar-refractivity contribution in [2.45, 2.75) is 31.6 Å². The molecule has 2 rings (SSSR count). The summed E-state index contributed by atoms with van der Waals surface area (Å²) in [5, 5.41) is 5.63. The van der Waals surface area contributed by atoms with Gasteiger partial charge in [-0.2, -0.15) is 0 Å². The van der Waals surface area contributed by atoms with E-state index in [-0.39, 0.29) is 17.3 Å². The molecular formula is C16H23FN2O2. The molecule has 0 bridgehead atoms. The molecule has 0 radical (unpaired) electrons. The van der Waals surface area contributed by atoms with E-state index >= 15 is 0 Å². The van der Waals surface area contributed by atoms with Crippen molar-refractivity contribution in [3.05, 3.63) is 35.6 Å². The van der Waals surface area contributed by atoms with Crippen molar-refractivity contribution >= 4 is 6.03 Å². The predicted molar refractivity (Wildman–Crippen MR) is 79.8 cm³/mol.